The number of H-pyrrole nitrogens is 1. The van der Waals surface area contributed by atoms with Crippen molar-refractivity contribution in [2.24, 2.45) is 5.73 Å². The van der Waals surface area contributed by atoms with Crippen LogP contribution in [0.5, 0.6) is 0 Å². The number of anilines is 1. The largest absolute Gasteiger partial charge is 0.355 e. The lowest BCUT2D eigenvalue weighted by Crippen LogP contribution is -2.49. The molecule has 1 aliphatic rings. The lowest BCUT2D eigenvalue weighted by Gasteiger charge is -2.27. The van der Waals surface area contributed by atoms with Crippen molar-refractivity contribution < 1.29 is 14.4 Å². The van der Waals surface area contributed by atoms with Crippen molar-refractivity contribution in [2.75, 3.05) is 11.4 Å². The van der Waals surface area contributed by atoms with Gasteiger partial charge in [-0.15, -0.1) is 0 Å². The quantitative estimate of drug-likeness (QED) is 0.254. The summed E-state index contributed by atoms with van der Waals surface area (Å²) < 4.78 is 0. The van der Waals surface area contributed by atoms with Crippen LogP contribution in [0.4, 0.5) is 5.69 Å². The van der Waals surface area contributed by atoms with E-state index in [-0.39, 0.29) is 24.1 Å². The zero-order valence-electron chi connectivity index (χ0n) is 23.8. The van der Waals surface area contributed by atoms with Gasteiger partial charge in [0, 0.05) is 51.9 Å². The highest BCUT2D eigenvalue weighted by Crippen LogP contribution is 2.31. The molecule has 3 aromatic carbocycles. The predicted molar refractivity (Wildman–Crippen MR) is 163 cm³/mol. The second-order valence-electron chi connectivity index (χ2n) is 11.4. The number of nitrogens with two attached hydrogens (primary N) is 1. The number of aromatic amines is 1. The molecule has 2 heterocycles. The second kappa shape index (κ2) is 11.6. The van der Waals surface area contributed by atoms with E-state index >= 15 is 0 Å². The fourth-order valence-electron chi connectivity index (χ4n) is 5.45. The van der Waals surface area contributed by atoms with Crippen molar-refractivity contribution in [3.8, 4) is 11.3 Å². The van der Waals surface area contributed by atoms with Crippen molar-refractivity contribution in [3.05, 3.63) is 89.5 Å². The molecule has 0 bridgehead atoms. The maximum Gasteiger partial charge on any atom is 0.251 e. The summed E-state index contributed by atoms with van der Waals surface area (Å²) in [4.78, 5) is 44.4. The Hall–Kier alpha value is -4.43. The van der Waals surface area contributed by atoms with Gasteiger partial charge in [0.05, 0.1) is 6.54 Å². The fourth-order valence-corrected chi connectivity index (χ4v) is 5.45. The van der Waals surface area contributed by atoms with Gasteiger partial charge in [-0.05, 0) is 75.1 Å². The molecule has 1 atom stereocenters. The summed E-state index contributed by atoms with van der Waals surface area (Å²) in [5, 5.41) is 6.80. The van der Waals surface area contributed by atoms with Gasteiger partial charge in [0.1, 0.15) is 6.04 Å². The number of aryl methyl sites for hydroxylation is 1. The van der Waals surface area contributed by atoms with E-state index in [0.717, 1.165) is 39.0 Å². The Morgan fingerprint density at radius 2 is 1.80 bits per heavy atom. The van der Waals surface area contributed by atoms with E-state index in [2.05, 4.69) is 21.7 Å². The van der Waals surface area contributed by atoms with Gasteiger partial charge in [-0.1, -0.05) is 42.5 Å². The number of hydrogen-bond acceptors (Lipinski definition) is 4. The minimum Gasteiger partial charge on any atom is -0.355 e. The third-order valence-corrected chi connectivity index (χ3v) is 7.33. The normalized spacial score (nSPS) is 15.4. The van der Waals surface area contributed by atoms with Gasteiger partial charge in [-0.3, -0.25) is 14.4 Å². The van der Waals surface area contributed by atoms with Crippen LogP contribution in [-0.2, 0) is 22.6 Å². The monoisotopic (exact) mass is 551 g/mol. The van der Waals surface area contributed by atoms with Crippen LogP contribution in [0.1, 0.15) is 55.1 Å². The predicted octanol–water partition coefficient (Wildman–Crippen LogP) is 4.68. The van der Waals surface area contributed by atoms with Gasteiger partial charge in [0.2, 0.25) is 11.8 Å². The molecule has 4 aromatic rings. The number of aromatic nitrogens is 1. The van der Waals surface area contributed by atoms with Gasteiger partial charge in [0.15, 0.2) is 0 Å². The zero-order chi connectivity index (χ0) is 29.1. The van der Waals surface area contributed by atoms with Crippen molar-refractivity contribution >= 4 is 34.3 Å². The molecule has 8 nitrogen and oxygen atoms in total. The molecule has 0 saturated carbocycles. The van der Waals surface area contributed by atoms with Gasteiger partial charge >= 0.3 is 0 Å². The number of fused-ring (bicyclic) bond motifs is 2. The van der Waals surface area contributed by atoms with Crippen molar-refractivity contribution in [3.63, 3.8) is 0 Å². The Morgan fingerprint density at radius 3 is 2.59 bits per heavy atom. The number of benzene rings is 3. The first-order valence-electron chi connectivity index (χ1n) is 14.1. The standard InChI is InChI=1S/C33H37N5O3/c1-4-35-31(40)25-11-7-6-10-24(25)28-18-23-17-21(13-15-26(23)36-28)20-38-29-12-8-5-9-22(29)14-16-27(32(38)41)37-30(39)19-33(2,3)34/h5-13,15,17-18,27,36H,4,14,16,19-20,34H2,1-3H3,(H,35,40)(H,37,39). The molecule has 0 fully saturated rings. The summed E-state index contributed by atoms with van der Waals surface area (Å²) in [5.41, 5.74) is 11.5. The van der Waals surface area contributed by atoms with E-state index in [1.807, 2.05) is 73.7 Å². The highest BCUT2D eigenvalue weighted by Gasteiger charge is 2.32. The first kappa shape index (κ1) is 28.1. The van der Waals surface area contributed by atoms with Crippen LogP contribution in [0.2, 0.25) is 0 Å². The maximum absolute atomic E-state index is 13.9. The SMILES string of the molecule is CCNC(=O)c1ccccc1-c1cc2cc(CN3C(=O)C(NC(=O)CC(C)(C)N)CCc4ccccc43)ccc2[nH]1. The van der Waals surface area contributed by atoms with Crippen LogP contribution in [0.25, 0.3) is 22.2 Å². The van der Waals surface area contributed by atoms with Crippen LogP contribution >= 0.6 is 0 Å². The number of carbonyl (C=O) groups excluding carboxylic acids is 3. The van der Waals surface area contributed by atoms with Gasteiger partial charge in [-0.25, -0.2) is 0 Å². The minimum atomic E-state index is -0.661. The fraction of sp³-hybridized carbons (Fsp3) is 0.303. The van der Waals surface area contributed by atoms with Crippen LogP contribution in [0.15, 0.2) is 72.8 Å². The van der Waals surface area contributed by atoms with Crippen LogP contribution in [-0.4, -0.2) is 40.8 Å². The topological polar surface area (TPSA) is 120 Å². The molecule has 0 aliphatic carbocycles. The summed E-state index contributed by atoms with van der Waals surface area (Å²) in [5.74, 6) is -0.475. The summed E-state index contributed by atoms with van der Waals surface area (Å²) in [6.07, 6.45) is 1.34. The first-order chi connectivity index (χ1) is 19.6. The molecule has 41 heavy (non-hydrogen) atoms. The summed E-state index contributed by atoms with van der Waals surface area (Å²) in [6.45, 7) is 6.40. The van der Waals surface area contributed by atoms with E-state index in [4.69, 9.17) is 5.73 Å². The molecule has 0 saturated heterocycles. The van der Waals surface area contributed by atoms with Crippen molar-refractivity contribution in [1.29, 1.82) is 0 Å². The lowest BCUT2D eigenvalue weighted by atomic mass is 10.0. The van der Waals surface area contributed by atoms with Crippen molar-refractivity contribution in [2.45, 2.75) is 58.2 Å². The Morgan fingerprint density at radius 1 is 1.05 bits per heavy atom. The highest BCUT2D eigenvalue weighted by atomic mass is 16.2. The van der Waals surface area contributed by atoms with Crippen LogP contribution in [0, 0.1) is 0 Å². The molecular weight excluding hydrogens is 514 g/mol. The highest BCUT2D eigenvalue weighted by molar-refractivity contribution is 6.02. The summed E-state index contributed by atoms with van der Waals surface area (Å²) in [7, 11) is 0. The first-order valence-corrected chi connectivity index (χ1v) is 14.1. The number of nitrogens with one attached hydrogen (secondary N) is 3. The molecule has 0 radical (unpaired) electrons. The van der Waals surface area contributed by atoms with E-state index < -0.39 is 11.6 Å². The molecule has 3 amide bonds. The van der Waals surface area contributed by atoms with Crippen molar-refractivity contribution in [1.82, 2.24) is 15.6 Å². The summed E-state index contributed by atoms with van der Waals surface area (Å²) in [6, 6.07) is 22.9. The van der Waals surface area contributed by atoms with E-state index in [1.54, 1.807) is 18.7 Å². The van der Waals surface area contributed by atoms with Gasteiger partial charge in [-0.2, -0.15) is 0 Å². The Bertz CT molecular complexity index is 1600. The Kier molecular flexibility index (Phi) is 7.94. The summed E-state index contributed by atoms with van der Waals surface area (Å²) >= 11 is 0. The maximum atomic E-state index is 13.9. The molecule has 5 rings (SSSR count). The van der Waals surface area contributed by atoms with Gasteiger partial charge < -0.3 is 26.3 Å². The number of para-hydroxylation sites is 1. The lowest BCUT2D eigenvalue weighted by molar-refractivity contribution is -0.128. The molecular formula is C33H37N5O3. The number of hydrogen-bond donors (Lipinski definition) is 4. The third kappa shape index (κ3) is 6.33. The Labute approximate surface area is 240 Å². The van der Waals surface area contributed by atoms with Crippen LogP contribution < -0.4 is 21.3 Å². The zero-order valence-corrected chi connectivity index (χ0v) is 23.8. The van der Waals surface area contributed by atoms with Crippen LogP contribution in [0.3, 0.4) is 0 Å². The van der Waals surface area contributed by atoms with Gasteiger partial charge in [0.25, 0.3) is 5.91 Å². The number of nitrogens with zero attached hydrogens (tertiary/aromatic N) is 1. The molecule has 1 aromatic heterocycles. The van der Waals surface area contributed by atoms with E-state index in [9.17, 15) is 14.4 Å². The number of rotatable bonds is 8. The van der Waals surface area contributed by atoms with E-state index in [1.165, 1.54) is 0 Å². The molecule has 1 unspecified atom stereocenters. The second-order valence-corrected chi connectivity index (χ2v) is 11.4. The smallest absolute Gasteiger partial charge is 0.251 e. The average Bonchev–Trinajstić information content (AvgIpc) is 3.31. The molecule has 212 valence electrons. The number of carbonyl (C=O) groups is 3. The average molecular weight is 552 g/mol. The van der Waals surface area contributed by atoms with E-state index in [0.29, 0.717) is 31.5 Å². The molecule has 5 N–H and O–H groups in total. The molecule has 1 aliphatic heterocycles. The molecule has 0 spiro atoms. The molecule has 8 heteroatoms. The minimum absolute atomic E-state index is 0.113. The number of amides is 3. The third-order valence-electron chi connectivity index (χ3n) is 7.33. The Balaban J connectivity index is 1.44.